The summed E-state index contributed by atoms with van der Waals surface area (Å²) in [5.74, 6) is 0.714. The maximum Gasteiger partial charge on any atom is 0.254 e. The zero-order valence-corrected chi connectivity index (χ0v) is 16.9. The van der Waals surface area contributed by atoms with Gasteiger partial charge in [0.1, 0.15) is 0 Å². The maximum absolute atomic E-state index is 13.3. The lowest BCUT2D eigenvalue weighted by Gasteiger charge is -2.28. The molecule has 3 aromatic rings. The molecule has 1 fully saturated rings. The number of ether oxygens (including phenoxy) is 1. The third kappa shape index (κ3) is 5.31. The van der Waals surface area contributed by atoms with Crippen LogP contribution in [-0.2, 0) is 11.3 Å². The topological polar surface area (TPSA) is 71.7 Å². The molecule has 7 heteroatoms. The third-order valence-corrected chi connectivity index (χ3v) is 5.26. The minimum Gasteiger partial charge on any atom is -0.444 e. The molecule has 0 spiro atoms. The van der Waals surface area contributed by atoms with Crippen molar-refractivity contribution < 1.29 is 13.9 Å². The van der Waals surface area contributed by atoms with Gasteiger partial charge in [0.05, 0.1) is 19.4 Å². The highest BCUT2D eigenvalue weighted by Gasteiger charge is 2.18. The predicted molar refractivity (Wildman–Crippen MR) is 113 cm³/mol. The molecule has 1 amide bonds. The van der Waals surface area contributed by atoms with Crippen LogP contribution >= 0.6 is 0 Å². The molecule has 0 unspecified atom stereocenters. The molecule has 2 aromatic heterocycles. The number of morpholine rings is 1. The van der Waals surface area contributed by atoms with Crippen molar-refractivity contribution in [3.8, 4) is 11.3 Å². The van der Waals surface area contributed by atoms with E-state index in [1.54, 1.807) is 18.6 Å². The minimum absolute atomic E-state index is 0.0258. The van der Waals surface area contributed by atoms with Crippen molar-refractivity contribution in [2.75, 3.05) is 39.4 Å². The zero-order chi connectivity index (χ0) is 20.6. The second kappa shape index (κ2) is 10.1. The van der Waals surface area contributed by atoms with E-state index in [9.17, 15) is 4.79 Å². The van der Waals surface area contributed by atoms with Crippen LogP contribution in [0.4, 0.5) is 0 Å². The van der Waals surface area contributed by atoms with Gasteiger partial charge in [0.25, 0.3) is 5.91 Å². The summed E-state index contributed by atoms with van der Waals surface area (Å²) >= 11 is 0. The standard InChI is InChI=1S/C23H26N4O3/c28-23(21-4-2-20(3-5-21)22-16-25-18-30-22)27(17-19-6-8-24-9-7-19)11-1-10-26-12-14-29-15-13-26/h2-9,16,18H,1,10-15,17H2. The molecule has 0 saturated carbocycles. The molecule has 0 atom stereocenters. The maximum atomic E-state index is 13.3. The summed E-state index contributed by atoms with van der Waals surface area (Å²) in [4.78, 5) is 25.6. The highest BCUT2D eigenvalue weighted by molar-refractivity contribution is 5.94. The number of hydrogen-bond donors (Lipinski definition) is 0. The summed E-state index contributed by atoms with van der Waals surface area (Å²) in [5, 5.41) is 0. The molecule has 0 aliphatic carbocycles. The number of carbonyl (C=O) groups is 1. The van der Waals surface area contributed by atoms with E-state index in [1.807, 2.05) is 41.3 Å². The Balaban J connectivity index is 1.43. The average Bonchev–Trinajstić information content (AvgIpc) is 3.35. The Morgan fingerprint density at radius 2 is 1.80 bits per heavy atom. The normalized spacial score (nSPS) is 14.5. The van der Waals surface area contributed by atoms with Gasteiger partial charge < -0.3 is 14.1 Å². The fourth-order valence-electron chi connectivity index (χ4n) is 3.59. The number of rotatable bonds is 8. The van der Waals surface area contributed by atoms with Gasteiger partial charge in [-0.05, 0) is 36.2 Å². The third-order valence-electron chi connectivity index (χ3n) is 5.26. The largest absolute Gasteiger partial charge is 0.444 e. The van der Waals surface area contributed by atoms with Crippen molar-refractivity contribution in [1.82, 2.24) is 19.8 Å². The summed E-state index contributed by atoms with van der Waals surface area (Å²) in [5.41, 5.74) is 2.64. The van der Waals surface area contributed by atoms with Gasteiger partial charge in [-0.2, -0.15) is 0 Å². The lowest BCUT2D eigenvalue weighted by Crippen LogP contribution is -2.39. The molecule has 4 rings (SSSR count). The molecule has 1 aromatic carbocycles. The van der Waals surface area contributed by atoms with Gasteiger partial charge in [-0.15, -0.1) is 0 Å². The Hall–Kier alpha value is -3.03. The van der Waals surface area contributed by atoms with Crippen LogP contribution in [-0.4, -0.2) is 65.1 Å². The number of oxazole rings is 1. The lowest BCUT2D eigenvalue weighted by atomic mass is 10.1. The van der Waals surface area contributed by atoms with E-state index in [1.165, 1.54) is 6.39 Å². The molecule has 7 nitrogen and oxygen atoms in total. The number of hydrogen-bond acceptors (Lipinski definition) is 6. The number of aromatic nitrogens is 2. The molecule has 0 N–H and O–H groups in total. The summed E-state index contributed by atoms with van der Waals surface area (Å²) < 4.78 is 10.7. The molecule has 3 heterocycles. The first-order valence-corrected chi connectivity index (χ1v) is 10.3. The fourth-order valence-corrected chi connectivity index (χ4v) is 3.59. The van der Waals surface area contributed by atoms with Crippen LogP contribution in [0.1, 0.15) is 22.3 Å². The smallest absolute Gasteiger partial charge is 0.254 e. The van der Waals surface area contributed by atoms with E-state index in [4.69, 9.17) is 9.15 Å². The Morgan fingerprint density at radius 3 is 2.50 bits per heavy atom. The van der Waals surface area contributed by atoms with Gasteiger partial charge in [-0.1, -0.05) is 12.1 Å². The summed E-state index contributed by atoms with van der Waals surface area (Å²) in [6.45, 7) is 5.72. The van der Waals surface area contributed by atoms with Gasteiger partial charge in [0.2, 0.25) is 0 Å². The van der Waals surface area contributed by atoms with Crippen molar-refractivity contribution in [1.29, 1.82) is 0 Å². The van der Waals surface area contributed by atoms with E-state index in [0.717, 1.165) is 50.4 Å². The van der Waals surface area contributed by atoms with Crippen molar-refractivity contribution in [2.24, 2.45) is 0 Å². The Kier molecular flexibility index (Phi) is 6.84. The van der Waals surface area contributed by atoms with Crippen LogP contribution in [0.15, 0.2) is 65.8 Å². The number of carbonyl (C=O) groups excluding carboxylic acids is 1. The van der Waals surface area contributed by atoms with Gasteiger partial charge in [0, 0.05) is 56.2 Å². The second-order valence-electron chi connectivity index (χ2n) is 7.33. The molecule has 30 heavy (non-hydrogen) atoms. The summed E-state index contributed by atoms with van der Waals surface area (Å²) in [6, 6.07) is 11.4. The monoisotopic (exact) mass is 406 g/mol. The number of amides is 1. The van der Waals surface area contributed by atoms with Crippen molar-refractivity contribution >= 4 is 5.91 Å². The average molecular weight is 406 g/mol. The van der Waals surface area contributed by atoms with Crippen LogP contribution in [0.25, 0.3) is 11.3 Å². The van der Waals surface area contributed by atoms with E-state index in [0.29, 0.717) is 24.4 Å². The molecule has 0 radical (unpaired) electrons. The van der Waals surface area contributed by atoms with Crippen molar-refractivity contribution in [3.05, 3.63) is 72.5 Å². The first-order chi connectivity index (χ1) is 14.8. The SMILES string of the molecule is O=C(c1ccc(-c2cnco2)cc1)N(CCCN1CCOCC1)Cc1ccncc1. The number of benzene rings is 1. The number of nitrogens with zero attached hydrogens (tertiary/aromatic N) is 4. The zero-order valence-electron chi connectivity index (χ0n) is 16.9. The van der Waals surface area contributed by atoms with Gasteiger partial charge in [0.15, 0.2) is 12.2 Å². The highest BCUT2D eigenvalue weighted by atomic mass is 16.5. The predicted octanol–water partition coefficient (Wildman–Crippen LogP) is 3.10. The van der Waals surface area contributed by atoms with Gasteiger partial charge in [-0.25, -0.2) is 4.98 Å². The molecule has 1 aliphatic rings. The first-order valence-electron chi connectivity index (χ1n) is 10.3. The lowest BCUT2D eigenvalue weighted by molar-refractivity contribution is 0.0355. The van der Waals surface area contributed by atoms with Crippen LogP contribution < -0.4 is 0 Å². The van der Waals surface area contributed by atoms with Crippen LogP contribution in [0.5, 0.6) is 0 Å². The molecule has 1 saturated heterocycles. The number of pyridine rings is 1. The Bertz CT molecular complexity index is 907. The second-order valence-corrected chi connectivity index (χ2v) is 7.33. The van der Waals surface area contributed by atoms with E-state index in [2.05, 4.69) is 14.9 Å². The summed E-state index contributed by atoms with van der Waals surface area (Å²) in [6.07, 6.45) is 7.51. The van der Waals surface area contributed by atoms with E-state index >= 15 is 0 Å². The summed E-state index contributed by atoms with van der Waals surface area (Å²) in [7, 11) is 0. The molecule has 1 aliphatic heterocycles. The van der Waals surface area contributed by atoms with Crippen molar-refractivity contribution in [2.45, 2.75) is 13.0 Å². The Labute approximate surface area is 176 Å². The minimum atomic E-state index is 0.0258. The molecular weight excluding hydrogens is 380 g/mol. The van der Waals surface area contributed by atoms with Crippen molar-refractivity contribution in [3.63, 3.8) is 0 Å². The Morgan fingerprint density at radius 1 is 1.03 bits per heavy atom. The molecule has 156 valence electrons. The van der Waals surface area contributed by atoms with Crippen LogP contribution in [0.3, 0.4) is 0 Å². The van der Waals surface area contributed by atoms with E-state index in [-0.39, 0.29) is 5.91 Å². The van der Waals surface area contributed by atoms with Crippen LogP contribution in [0, 0.1) is 0 Å². The molecular formula is C23H26N4O3. The van der Waals surface area contributed by atoms with E-state index < -0.39 is 0 Å². The first kappa shape index (κ1) is 20.3. The van der Waals surface area contributed by atoms with Gasteiger partial charge >= 0.3 is 0 Å². The van der Waals surface area contributed by atoms with Gasteiger partial charge in [-0.3, -0.25) is 14.7 Å². The quantitative estimate of drug-likeness (QED) is 0.572. The fraction of sp³-hybridized carbons (Fsp3) is 0.348. The van der Waals surface area contributed by atoms with Crippen LogP contribution in [0.2, 0.25) is 0 Å². The highest BCUT2D eigenvalue weighted by Crippen LogP contribution is 2.20. The molecule has 0 bridgehead atoms.